The number of rotatable bonds is 6. The maximum Gasteiger partial charge on any atom is 0.250 e. The number of benzene rings is 1. The number of anilines is 1. The van der Waals surface area contributed by atoms with Gasteiger partial charge in [-0.05, 0) is 27.1 Å². The Morgan fingerprint density at radius 1 is 0.889 bits per heavy atom. The van der Waals surface area contributed by atoms with Crippen LogP contribution in [0.1, 0.15) is 17.8 Å². The Morgan fingerprint density at radius 2 is 1.52 bits per heavy atom. The van der Waals surface area contributed by atoms with Crippen molar-refractivity contribution in [2.45, 2.75) is 14.0 Å². The normalized spacial score (nSPS) is 12.5. The van der Waals surface area contributed by atoms with Crippen molar-refractivity contribution in [2.24, 2.45) is 0 Å². The molecule has 0 spiro atoms. The third-order valence-corrected chi connectivity index (χ3v) is 4.59. The summed E-state index contributed by atoms with van der Waals surface area (Å²) < 4.78 is -3.30. The van der Waals surface area contributed by atoms with Gasteiger partial charge in [0.05, 0.1) is 0 Å². The number of alkyl halides is 6. The Balaban J connectivity index is 2.30. The molecule has 1 aromatic carbocycles. The Labute approximate surface area is 188 Å². The molecule has 2 aromatic rings. The zero-order chi connectivity index (χ0) is 20.2. The fourth-order valence-electron chi connectivity index (χ4n) is 2.11. The average molecular weight is 492 g/mol. The lowest BCUT2D eigenvalue weighted by Gasteiger charge is -2.15. The van der Waals surface area contributed by atoms with Crippen molar-refractivity contribution < 1.29 is 0 Å². The maximum atomic E-state index is 5.97. The first kappa shape index (κ1) is 23.0. The molecule has 0 amide bonds. The van der Waals surface area contributed by atoms with Gasteiger partial charge in [-0.3, -0.25) is 0 Å². The van der Waals surface area contributed by atoms with E-state index in [1.165, 1.54) is 0 Å². The molecular weight excluding hydrogens is 475 g/mol. The largest absolute Gasteiger partial charge is 0.354 e. The van der Waals surface area contributed by atoms with Gasteiger partial charge in [0.25, 0.3) is 0 Å². The first-order valence-corrected chi connectivity index (χ1v) is 10.1. The summed E-state index contributed by atoms with van der Waals surface area (Å²) in [5.41, 5.74) is 1.19. The van der Waals surface area contributed by atoms with Gasteiger partial charge in [-0.2, -0.15) is 9.97 Å². The van der Waals surface area contributed by atoms with E-state index in [1.807, 2.05) is 14.1 Å². The van der Waals surface area contributed by atoms with Crippen molar-refractivity contribution in [3.63, 3.8) is 0 Å². The Bertz CT molecular complexity index is 755. The minimum atomic E-state index is -1.78. The molecule has 0 aliphatic heterocycles. The SMILES string of the molecule is CN(C)CCCNc1nc(-c2ccc(C(Cl)(Cl)Cl)cc2)nc(C(Cl)(Cl)Cl)n1. The lowest BCUT2D eigenvalue weighted by atomic mass is 10.1. The summed E-state index contributed by atoms with van der Waals surface area (Å²) in [7, 11) is 4.01. The third-order valence-electron chi connectivity index (χ3n) is 3.42. The molecule has 0 aliphatic carbocycles. The summed E-state index contributed by atoms with van der Waals surface area (Å²) >= 11 is 35.6. The summed E-state index contributed by atoms with van der Waals surface area (Å²) in [6.07, 6.45) is 0.898. The van der Waals surface area contributed by atoms with E-state index in [1.54, 1.807) is 24.3 Å². The quantitative estimate of drug-likeness (QED) is 0.423. The Hall–Kier alpha value is -0.270. The molecule has 1 heterocycles. The highest BCUT2D eigenvalue weighted by molar-refractivity contribution is 6.67. The van der Waals surface area contributed by atoms with E-state index in [-0.39, 0.29) is 5.82 Å². The molecule has 0 saturated heterocycles. The van der Waals surface area contributed by atoms with E-state index < -0.39 is 7.59 Å². The molecule has 0 fully saturated rings. The minimum Gasteiger partial charge on any atom is -0.354 e. The fourth-order valence-corrected chi connectivity index (χ4v) is 2.75. The number of nitrogens with one attached hydrogen (secondary N) is 1. The van der Waals surface area contributed by atoms with E-state index in [2.05, 4.69) is 25.2 Å². The van der Waals surface area contributed by atoms with Crippen LogP contribution in [0.15, 0.2) is 24.3 Å². The molecule has 0 aliphatic rings. The van der Waals surface area contributed by atoms with Crippen LogP contribution in [0.25, 0.3) is 11.4 Å². The van der Waals surface area contributed by atoms with Crippen LogP contribution in [0.5, 0.6) is 0 Å². The van der Waals surface area contributed by atoms with Crippen molar-refractivity contribution in [1.29, 1.82) is 0 Å². The van der Waals surface area contributed by atoms with Gasteiger partial charge in [-0.25, -0.2) is 4.98 Å². The Kier molecular flexibility index (Phi) is 8.08. The molecule has 2 rings (SSSR count). The van der Waals surface area contributed by atoms with Crippen LogP contribution in [0.4, 0.5) is 5.95 Å². The van der Waals surface area contributed by atoms with Gasteiger partial charge in [0, 0.05) is 17.7 Å². The van der Waals surface area contributed by atoms with Crippen LogP contribution in [-0.2, 0) is 7.59 Å². The minimum absolute atomic E-state index is 0.0260. The second-order valence-corrected chi connectivity index (χ2v) is 10.5. The van der Waals surface area contributed by atoms with E-state index in [9.17, 15) is 0 Å². The molecule has 1 N–H and O–H groups in total. The zero-order valence-corrected chi connectivity index (χ0v) is 19.0. The summed E-state index contributed by atoms with van der Waals surface area (Å²) in [6.45, 7) is 1.58. The highest BCUT2D eigenvalue weighted by Crippen LogP contribution is 2.39. The van der Waals surface area contributed by atoms with E-state index in [0.717, 1.165) is 13.0 Å². The Morgan fingerprint density at radius 3 is 2.04 bits per heavy atom. The molecule has 0 bridgehead atoms. The van der Waals surface area contributed by atoms with Crippen molar-refractivity contribution >= 4 is 75.6 Å². The monoisotopic (exact) mass is 489 g/mol. The van der Waals surface area contributed by atoms with Gasteiger partial charge >= 0.3 is 0 Å². The molecule has 5 nitrogen and oxygen atoms in total. The second kappa shape index (κ2) is 9.49. The number of hydrogen-bond donors (Lipinski definition) is 1. The predicted molar refractivity (Wildman–Crippen MR) is 115 cm³/mol. The van der Waals surface area contributed by atoms with Gasteiger partial charge in [0.2, 0.25) is 13.5 Å². The van der Waals surface area contributed by atoms with E-state index >= 15 is 0 Å². The number of hydrogen-bond acceptors (Lipinski definition) is 5. The van der Waals surface area contributed by atoms with E-state index in [0.29, 0.717) is 29.4 Å². The first-order valence-electron chi connectivity index (χ1n) is 7.86. The third kappa shape index (κ3) is 7.24. The van der Waals surface area contributed by atoms with Crippen molar-refractivity contribution in [3.8, 4) is 11.4 Å². The molecule has 0 unspecified atom stereocenters. The molecular formula is C16H17Cl6N5. The summed E-state index contributed by atoms with van der Waals surface area (Å²) in [6, 6.07) is 6.80. The summed E-state index contributed by atoms with van der Waals surface area (Å²) in [4.78, 5) is 14.9. The number of nitrogens with zero attached hydrogens (tertiary/aromatic N) is 4. The van der Waals surface area contributed by atoms with Crippen molar-refractivity contribution in [1.82, 2.24) is 19.9 Å². The standard InChI is InChI=1S/C16H17Cl6N5/c1-27(2)9-3-8-23-14-25-12(24-13(26-14)16(20,21)22)10-4-6-11(7-5-10)15(17,18)19/h4-7H,3,8-9H2,1-2H3,(H,23,24,25,26). The summed E-state index contributed by atoms with van der Waals surface area (Å²) in [5, 5.41) is 3.13. The average Bonchev–Trinajstić information content (AvgIpc) is 2.57. The van der Waals surface area contributed by atoms with Crippen LogP contribution < -0.4 is 5.32 Å². The van der Waals surface area contributed by atoms with Gasteiger partial charge < -0.3 is 10.2 Å². The highest BCUT2D eigenvalue weighted by Gasteiger charge is 2.29. The molecule has 27 heavy (non-hydrogen) atoms. The lowest BCUT2D eigenvalue weighted by Crippen LogP contribution is -2.18. The van der Waals surface area contributed by atoms with Gasteiger partial charge in [0.15, 0.2) is 11.6 Å². The fraction of sp³-hybridized carbons (Fsp3) is 0.438. The molecule has 11 heteroatoms. The van der Waals surface area contributed by atoms with Crippen LogP contribution in [-0.4, -0.2) is 47.0 Å². The van der Waals surface area contributed by atoms with Crippen LogP contribution in [0.3, 0.4) is 0 Å². The molecule has 1 aromatic heterocycles. The summed E-state index contributed by atoms with van der Waals surface area (Å²) in [5.74, 6) is 0.695. The molecule has 0 saturated carbocycles. The smallest absolute Gasteiger partial charge is 0.250 e. The van der Waals surface area contributed by atoms with Gasteiger partial charge in [0.1, 0.15) is 0 Å². The highest BCUT2D eigenvalue weighted by atomic mass is 35.6. The van der Waals surface area contributed by atoms with Crippen molar-refractivity contribution in [3.05, 3.63) is 35.7 Å². The molecule has 0 radical (unpaired) electrons. The first-order chi connectivity index (χ1) is 12.5. The zero-order valence-electron chi connectivity index (χ0n) is 14.5. The van der Waals surface area contributed by atoms with Crippen molar-refractivity contribution in [2.75, 3.05) is 32.5 Å². The van der Waals surface area contributed by atoms with E-state index in [4.69, 9.17) is 69.6 Å². The lowest BCUT2D eigenvalue weighted by molar-refractivity contribution is 0.405. The van der Waals surface area contributed by atoms with Crippen LogP contribution in [0, 0.1) is 0 Å². The number of halogens is 6. The predicted octanol–water partition coefficient (Wildman–Crippen LogP) is 5.56. The van der Waals surface area contributed by atoms with Gasteiger partial charge in [-0.1, -0.05) is 93.9 Å². The maximum absolute atomic E-state index is 5.97. The van der Waals surface area contributed by atoms with Crippen LogP contribution >= 0.6 is 69.6 Å². The molecule has 148 valence electrons. The molecule has 0 atom stereocenters. The topological polar surface area (TPSA) is 53.9 Å². The van der Waals surface area contributed by atoms with Crippen LogP contribution in [0.2, 0.25) is 0 Å². The number of aromatic nitrogens is 3. The van der Waals surface area contributed by atoms with Gasteiger partial charge in [-0.15, -0.1) is 0 Å². The second-order valence-electron chi connectivity index (χ2n) is 5.96.